The van der Waals surface area contributed by atoms with Crippen LogP contribution in [-0.2, 0) is 6.61 Å². The number of aliphatic hydroxyl groups is 1. The molecule has 3 rings (SSSR count). The van der Waals surface area contributed by atoms with Crippen molar-refractivity contribution < 1.29 is 9.90 Å². The summed E-state index contributed by atoms with van der Waals surface area (Å²) >= 11 is 0. The highest BCUT2D eigenvalue weighted by molar-refractivity contribution is 6.06. The van der Waals surface area contributed by atoms with Crippen LogP contribution in [0.1, 0.15) is 42.3 Å². The summed E-state index contributed by atoms with van der Waals surface area (Å²) in [5, 5.41) is 24.9. The quantitative estimate of drug-likeness (QED) is 0.582. The third-order valence-electron chi connectivity index (χ3n) is 4.35. The van der Waals surface area contributed by atoms with Gasteiger partial charge in [0.2, 0.25) is 0 Å². The van der Waals surface area contributed by atoms with Crippen LogP contribution >= 0.6 is 0 Å². The van der Waals surface area contributed by atoms with Crippen molar-refractivity contribution in [2.24, 2.45) is 0 Å². The van der Waals surface area contributed by atoms with Crippen LogP contribution in [-0.4, -0.2) is 21.5 Å². The van der Waals surface area contributed by atoms with Gasteiger partial charge in [0.25, 0.3) is 5.91 Å². The predicted octanol–water partition coefficient (Wildman–Crippen LogP) is 4.58. The van der Waals surface area contributed by atoms with Crippen LogP contribution in [0, 0.1) is 11.3 Å². The Morgan fingerprint density at radius 1 is 1.10 bits per heavy atom. The Bertz CT molecular complexity index is 1090. The molecule has 0 atom stereocenters. The van der Waals surface area contributed by atoms with Crippen molar-refractivity contribution in [1.29, 1.82) is 5.26 Å². The molecule has 6 heteroatoms. The number of rotatable bonds is 5. The summed E-state index contributed by atoms with van der Waals surface area (Å²) in [6, 6.07) is 18.2. The fourth-order valence-electron chi connectivity index (χ4n) is 2.99. The number of carbonyl (C=O) groups is 1. The maximum atomic E-state index is 12.8. The van der Waals surface area contributed by atoms with Gasteiger partial charge in [0.1, 0.15) is 6.07 Å². The molecule has 3 aromatic rings. The normalized spacial score (nSPS) is 10.9. The average molecular weight is 400 g/mol. The lowest BCUT2D eigenvalue weighted by Gasteiger charge is -2.24. The Morgan fingerprint density at radius 2 is 1.77 bits per heavy atom. The van der Waals surface area contributed by atoms with E-state index >= 15 is 0 Å². The molecule has 0 radical (unpaired) electrons. The molecular weight excluding hydrogens is 376 g/mol. The van der Waals surface area contributed by atoms with E-state index in [1.54, 1.807) is 30.3 Å². The van der Waals surface area contributed by atoms with Crippen LogP contribution in [0.25, 0.3) is 11.3 Å². The van der Waals surface area contributed by atoms with Crippen LogP contribution in [0.4, 0.5) is 11.4 Å². The summed E-state index contributed by atoms with van der Waals surface area (Å²) in [5.74, 6) is -0.228. The number of hydrogen-bond acceptors (Lipinski definition) is 5. The number of hydrogen-bond donors (Lipinski definition) is 3. The first-order valence-corrected chi connectivity index (χ1v) is 9.59. The van der Waals surface area contributed by atoms with Gasteiger partial charge in [-0.1, -0.05) is 24.3 Å². The van der Waals surface area contributed by atoms with E-state index in [1.807, 2.05) is 24.3 Å². The molecule has 0 fully saturated rings. The lowest BCUT2D eigenvalue weighted by molar-refractivity contribution is 0.102. The number of amides is 1. The zero-order chi connectivity index (χ0) is 21.7. The molecule has 0 unspecified atom stereocenters. The molecule has 0 bridgehead atoms. The van der Waals surface area contributed by atoms with Gasteiger partial charge in [-0.2, -0.15) is 5.26 Å². The number of benzene rings is 2. The van der Waals surface area contributed by atoms with Gasteiger partial charge in [-0.3, -0.25) is 9.78 Å². The van der Waals surface area contributed by atoms with Crippen molar-refractivity contribution in [3.8, 4) is 17.3 Å². The standard InChI is InChI=1S/C24H24N4O2/c1-24(2,3)28-21-7-5-4-6-20(21)27-23(30)18-10-8-17(9-11-18)22-19(13-25)12-16(15-29)14-26-22/h4-12,14,28-29H,15H2,1-3H3,(H,27,30). The van der Waals surface area contributed by atoms with Gasteiger partial charge >= 0.3 is 0 Å². The second kappa shape index (κ2) is 8.76. The van der Waals surface area contributed by atoms with Crippen molar-refractivity contribution >= 4 is 17.3 Å². The number of nitrogens with one attached hydrogen (secondary N) is 2. The Balaban J connectivity index is 1.81. The van der Waals surface area contributed by atoms with E-state index < -0.39 is 0 Å². The monoisotopic (exact) mass is 400 g/mol. The van der Waals surface area contributed by atoms with Crippen molar-refractivity contribution in [2.75, 3.05) is 10.6 Å². The van der Waals surface area contributed by atoms with E-state index in [0.717, 1.165) is 11.3 Å². The highest BCUT2D eigenvalue weighted by atomic mass is 16.3. The number of nitrogens with zero attached hydrogens (tertiary/aromatic N) is 2. The van der Waals surface area contributed by atoms with Crippen molar-refractivity contribution in [3.05, 3.63) is 77.5 Å². The molecule has 30 heavy (non-hydrogen) atoms. The molecule has 0 aliphatic heterocycles. The Kier molecular flexibility index (Phi) is 6.14. The number of anilines is 2. The van der Waals surface area contributed by atoms with Crippen LogP contribution < -0.4 is 10.6 Å². The Hall–Kier alpha value is -3.69. The molecule has 0 spiro atoms. The minimum Gasteiger partial charge on any atom is -0.392 e. The summed E-state index contributed by atoms with van der Waals surface area (Å²) in [7, 11) is 0. The number of aliphatic hydroxyl groups excluding tert-OH is 1. The first-order valence-electron chi connectivity index (χ1n) is 9.59. The molecule has 2 aromatic carbocycles. The van der Waals surface area contributed by atoms with E-state index in [1.165, 1.54) is 6.20 Å². The fourth-order valence-corrected chi connectivity index (χ4v) is 2.99. The fraction of sp³-hybridized carbons (Fsp3) is 0.208. The van der Waals surface area contributed by atoms with Gasteiger partial charge in [-0.05, 0) is 56.7 Å². The summed E-state index contributed by atoms with van der Waals surface area (Å²) in [4.78, 5) is 17.0. The third-order valence-corrected chi connectivity index (χ3v) is 4.35. The van der Waals surface area contributed by atoms with Crippen LogP contribution in [0.15, 0.2) is 60.8 Å². The van der Waals surface area contributed by atoms with Crippen molar-refractivity contribution in [1.82, 2.24) is 4.98 Å². The molecule has 3 N–H and O–H groups in total. The largest absolute Gasteiger partial charge is 0.392 e. The SMILES string of the molecule is CC(C)(C)Nc1ccccc1NC(=O)c1ccc(-c2ncc(CO)cc2C#N)cc1. The first-order chi connectivity index (χ1) is 14.3. The lowest BCUT2D eigenvalue weighted by atomic mass is 10.0. The molecule has 1 heterocycles. The van der Waals surface area contributed by atoms with Gasteiger partial charge in [0, 0.05) is 22.9 Å². The average Bonchev–Trinajstić information content (AvgIpc) is 2.73. The van der Waals surface area contributed by atoms with Crippen LogP contribution in [0.5, 0.6) is 0 Å². The van der Waals surface area contributed by atoms with Gasteiger partial charge in [0.15, 0.2) is 0 Å². The molecule has 0 saturated carbocycles. The molecule has 6 nitrogen and oxygen atoms in total. The van der Waals surface area contributed by atoms with Crippen molar-refractivity contribution in [3.63, 3.8) is 0 Å². The highest BCUT2D eigenvalue weighted by Gasteiger charge is 2.15. The molecular formula is C24H24N4O2. The smallest absolute Gasteiger partial charge is 0.255 e. The molecule has 1 aromatic heterocycles. The number of nitriles is 1. The maximum absolute atomic E-state index is 12.8. The van der Waals surface area contributed by atoms with E-state index in [0.29, 0.717) is 28.1 Å². The molecule has 0 aliphatic rings. The predicted molar refractivity (Wildman–Crippen MR) is 118 cm³/mol. The van der Waals surface area contributed by atoms with Crippen LogP contribution in [0.3, 0.4) is 0 Å². The van der Waals surface area contributed by atoms with E-state index in [-0.39, 0.29) is 18.1 Å². The minimum atomic E-state index is -0.228. The van der Waals surface area contributed by atoms with Gasteiger partial charge in [-0.25, -0.2) is 0 Å². The molecule has 152 valence electrons. The zero-order valence-electron chi connectivity index (χ0n) is 17.2. The van der Waals surface area contributed by atoms with E-state index in [4.69, 9.17) is 0 Å². The molecule has 0 aliphatic carbocycles. The van der Waals surface area contributed by atoms with Crippen molar-refractivity contribution in [2.45, 2.75) is 32.9 Å². The topological polar surface area (TPSA) is 98.0 Å². The summed E-state index contributed by atoms with van der Waals surface area (Å²) in [6.07, 6.45) is 1.54. The number of aromatic nitrogens is 1. The van der Waals surface area contributed by atoms with Gasteiger partial charge < -0.3 is 15.7 Å². The molecule has 0 saturated heterocycles. The zero-order valence-corrected chi connectivity index (χ0v) is 17.2. The number of pyridine rings is 1. The third kappa shape index (κ3) is 5.02. The van der Waals surface area contributed by atoms with Crippen LogP contribution in [0.2, 0.25) is 0 Å². The van der Waals surface area contributed by atoms with E-state index in [2.05, 4.69) is 42.5 Å². The maximum Gasteiger partial charge on any atom is 0.255 e. The Morgan fingerprint density at radius 3 is 2.37 bits per heavy atom. The summed E-state index contributed by atoms with van der Waals surface area (Å²) < 4.78 is 0. The lowest BCUT2D eigenvalue weighted by Crippen LogP contribution is -2.27. The Labute approximate surface area is 176 Å². The second-order valence-electron chi connectivity index (χ2n) is 7.96. The summed E-state index contributed by atoms with van der Waals surface area (Å²) in [5.41, 5.74) is 4.10. The minimum absolute atomic E-state index is 0.139. The first kappa shape index (κ1) is 21.0. The number of carbonyl (C=O) groups excluding carboxylic acids is 1. The van der Waals surface area contributed by atoms with Gasteiger partial charge in [-0.15, -0.1) is 0 Å². The second-order valence-corrected chi connectivity index (χ2v) is 7.96. The highest BCUT2D eigenvalue weighted by Crippen LogP contribution is 2.26. The molecule has 1 amide bonds. The van der Waals surface area contributed by atoms with E-state index in [9.17, 15) is 15.2 Å². The number of para-hydroxylation sites is 2. The summed E-state index contributed by atoms with van der Waals surface area (Å²) in [6.45, 7) is 6.00. The van der Waals surface area contributed by atoms with Gasteiger partial charge in [0.05, 0.1) is 29.2 Å².